The molecule has 8 heteroatoms. The maximum absolute atomic E-state index is 14.6. The molecule has 0 fully saturated rings. The van der Waals surface area contributed by atoms with Gasteiger partial charge >= 0.3 is 6.18 Å². The molecule has 0 spiro atoms. The number of hydrogen-bond acceptors (Lipinski definition) is 3. The number of halogens is 4. The van der Waals surface area contributed by atoms with Gasteiger partial charge in [-0.2, -0.15) is 18.3 Å². The van der Waals surface area contributed by atoms with Crippen LogP contribution in [0.1, 0.15) is 18.2 Å². The Hall–Kier alpha value is -2.74. The van der Waals surface area contributed by atoms with Crippen LogP contribution in [0.15, 0.2) is 42.7 Å². The fourth-order valence-corrected chi connectivity index (χ4v) is 3.32. The molecule has 2 aromatic heterocycles. The number of pyridine rings is 1. The Morgan fingerprint density at radius 3 is 2.56 bits per heavy atom. The normalized spacial score (nSPS) is 17.0. The molecule has 4 rings (SSSR count). The molecule has 0 unspecified atom stereocenters. The maximum atomic E-state index is 14.6. The summed E-state index contributed by atoms with van der Waals surface area (Å²) in [5, 5.41) is 7.87. The maximum Gasteiger partial charge on any atom is 0.416 e. The van der Waals surface area contributed by atoms with Crippen molar-refractivity contribution in [1.29, 1.82) is 0 Å². The molecule has 140 valence electrons. The molecule has 1 atom stereocenters. The van der Waals surface area contributed by atoms with E-state index in [0.29, 0.717) is 30.4 Å². The lowest BCUT2D eigenvalue weighted by Crippen LogP contribution is -2.36. The number of nitrogens with zero attached hydrogens (tertiary/aromatic N) is 3. The largest absolute Gasteiger partial charge is 0.416 e. The second kappa shape index (κ2) is 6.45. The minimum absolute atomic E-state index is 0.0457. The first-order chi connectivity index (χ1) is 12.8. The summed E-state index contributed by atoms with van der Waals surface area (Å²) in [6.45, 7) is 3.14. The van der Waals surface area contributed by atoms with Gasteiger partial charge in [-0.15, -0.1) is 0 Å². The van der Waals surface area contributed by atoms with Gasteiger partial charge in [0.1, 0.15) is 11.5 Å². The summed E-state index contributed by atoms with van der Waals surface area (Å²) in [7, 11) is 0. The Morgan fingerprint density at radius 2 is 1.89 bits per heavy atom. The Bertz CT molecular complexity index is 979. The Kier molecular flexibility index (Phi) is 4.22. The van der Waals surface area contributed by atoms with E-state index in [1.807, 2.05) is 6.92 Å². The van der Waals surface area contributed by atoms with E-state index >= 15 is 0 Å². The smallest absolute Gasteiger partial charge is 0.307 e. The minimum atomic E-state index is -4.60. The van der Waals surface area contributed by atoms with Gasteiger partial charge in [-0.3, -0.25) is 9.67 Å². The summed E-state index contributed by atoms with van der Waals surface area (Å²) in [6, 6.07) is 6.29. The van der Waals surface area contributed by atoms with Crippen molar-refractivity contribution >= 4 is 0 Å². The fourth-order valence-electron chi connectivity index (χ4n) is 3.32. The summed E-state index contributed by atoms with van der Waals surface area (Å²) < 4.78 is 55.0. The van der Waals surface area contributed by atoms with Crippen LogP contribution in [0.25, 0.3) is 22.4 Å². The van der Waals surface area contributed by atoms with E-state index in [4.69, 9.17) is 0 Å². The molecule has 27 heavy (non-hydrogen) atoms. The quantitative estimate of drug-likeness (QED) is 0.680. The predicted octanol–water partition coefficient (Wildman–Crippen LogP) is 4.26. The average molecular weight is 376 g/mol. The molecule has 1 N–H and O–H groups in total. The molecule has 4 nitrogen and oxygen atoms in total. The van der Waals surface area contributed by atoms with Gasteiger partial charge in [0.15, 0.2) is 0 Å². The molecule has 0 saturated heterocycles. The zero-order valence-electron chi connectivity index (χ0n) is 14.4. The van der Waals surface area contributed by atoms with E-state index in [0.717, 1.165) is 23.4 Å². The first-order valence-electron chi connectivity index (χ1n) is 8.45. The van der Waals surface area contributed by atoms with Crippen molar-refractivity contribution in [1.82, 2.24) is 20.1 Å². The van der Waals surface area contributed by atoms with Crippen LogP contribution in [0.4, 0.5) is 17.6 Å². The van der Waals surface area contributed by atoms with Crippen LogP contribution in [0.3, 0.4) is 0 Å². The van der Waals surface area contributed by atoms with Crippen molar-refractivity contribution in [3.8, 4) is 22.4 Å². The van der Waals surface area contributed by atoms with Crippen LogP contribution < -0.4 is 5.32 Å². The van der Waals surface area contributed by atoms with Gasteiger partial charge in [-0.1, -0.05) is 0 Å². The standard InChI is InChI=1S/C19H16F4N4/c1-11-10-27-16(9-25-11)17(12-4-6-24-7-5-12)18(26-27)14-3-2-13(8-15(14)20)19(21,22)23/h2-8,11,25H,9-10H2,1H3/t11-/m1/s1. The number of alkyl halides is 3. The lowest BCUT2D eigenvalue weighted by molar-refractivity contribution is -0.137. The molecule has 1 aromatic carbocycles. The lowest BCUT2D eigenvalue weighted by atomic mass is 9.98. The van der Waals surface area contributed by atoms with Crippen LogP contribution in [-0.4, -0.2) is 20.8 Å². The molecule has 0 amide bonds. The van der Waals surface area contributed by atoms with Gasteiger partial charge < -0.3 is 5.32 Å². The summed E-state index contributed by atoms with van der Waals surface area (Å²) >= 11 is 0. The van der Waals surface area contributed by atoms with Crippen molar-refractivity contribution in [2.45, 2.75) is 32.2 Å². The number of benzene rings is 1. The van der Waals surface area contributed by atoms with E-state index in [-0.39, 0.29) is 11.6 Å². The molecule has 0 bridgehead atoms. The Balaban J connectivity index is 1.91. The number of rotatable bonds is 2. The average Bonchev–Trinajstić information content (AvgIpc) is 2.99. The molecule has 1 aliphatic rings. The van der Waals surface area contributed by atoms with Crippen LogP contribution in [-0.2, 0) is 19.3 Å². The highest BCUT2D eigenvalue weighted by molar-refractivity contribution is 5.83. The second-order valence-electron chi connectivity index (χ2n) is 6.56. The predicted molar refractivity (Wildman–Crippen MR) is 92.2 cm³/mol. The second-order valence-corrected chi connectivity index (χ2v) is 6.56. The van der Waals surface area contributed by atoms with E-state index < -0.39 is 17.6 Å². The van der Waals surface area contributed by atoms with Crippen molar-refractivity contribution in [3.05, 3.63) is 59.8 Å². The zero-order chi connectivity index (χ0) is 19.2. The first-order valence-corrected chi connectivity index (χ1v) is 8.45. The molecule has 3 heterocycles. The summed E-state index contributed by atoms with van der Waals surface area (Å²) in [6.07, 6.45) is -1.36. The topological polar surface area (TPSA) is 42.7 Å². The van der Waals surface area contributed by atoms with E-state index in [1.54, 1.807) is 29.2 Å². The van der Waals surface area contributed by atoms with Gasteiger partial charge in [0, 0.05) is 36.1 Å². The third-order valence-corrected chi connectivity index (χ3v) is 4.64. The highest BCUT2D eigenvalue weighted by Gasteiger charge is 2.32. The minimum Gasteiger partial charge on any atom is -0.307 e. The van der Waals surface area contributed by atoms with Crippen molar-refractivity contribution in [2.75, 3.05) is 0 Å². The lowest BCUT2D eigenvalue weighted by Gasteiger charge is -2.22. The first kappa shape index (κ1) is 17.7. The number of hydrogen-bond donors (Lipinski definition) is 1. The number of fused-ring (bicyclic) bond motifs is 1. The van der Waals surface area contributed by atoms with E-state index in [9.17, 15) is 17.6 Å². The molecule has 1 aliphatic heterocycles. The highest BCUT2D eigenvalue weighted by atomic mass is 19.4. The van der Waals surface area contributed by atoms with Crippen molar-refractivity contribution in [3.63, 3.8) is 0 Å². The van der Waals surface area contributed by atoms with Crippen molar-refractivity contribution < 1.29 is 17.6 Å². The van der Waals surface area contributed by atoms with Gasteiger partial charge in [0.05, 0.1) is 17.8 Å². The Labute approximate surface area is 152 Å². The molecule has 0 radical (unpaired) electrons. The summed E-state index contributed by atoms with van der Waals surface area (Å²) in [4.78, 5) is 4.00. The summed E-state index contributed by atoms with van der Waals surface area (Å²) in [5.41, 5.74) is 1.72. The molecular weight excluding hydrogens is 360 g/mol. The van der Waals surface area contributed by atoms with E-state index in [2.05, 4.69) is 15.4 Å². The van der Waals surface area contributed by atoms with Gasteiger partial charge in [0.2, 0.25) is 0 Å². The van der Waals surface area contributed by atoms with Crippen LogP contribution in [0, 0.1) is 5.82 Å². The van der Waals surface area contributed by atoms with Gasteiger partial charge in [-0.05, 0) is 42.8 Å². The molecule has 3 aromatic rings. The number of nitrogens with one attached hydrogen (secondary N) is 1. The van der Waals surface area contributed by atoms with Crippen molar-refractivity contribution in [2.24, 2.45) is 0 Å². The van der Waals surface area contributed by atoms with E-state index in [1.165, 1.54) is 0 Å². The van der Waals surface area contributed by atoms with Crippen LogP contribution in [0.5, 0.6) is 0 Å². The third-order valence-electron chi connectivity index (χ3n) is 4.64. The Morgan fingerprint density at radius 1 is 1.15 bits per heavy atom. The van der Waals surface area contributed by atoms with Gasteiger partial charge in [-0.25, -0.2) is 4.39 Å². The fraction of sp³-hybridized carbons (Fsp3) is 0.263. The zero-order valence-corrected chi connectivity index (χ0v) is 14.4. The van der Waals surface area contributed by atoms with Crippen LogP contribution >= 0.6 is 0 Å². The number of aromatic nitrogens is 3. The third kappa shape index (κ3) is 3.21. The highest BCUT2D eigenvalue weighted by Crippen LogP contribution is 2.38. The van der Waals surface area contributed by atoms with Gasteiger partial charge in [0.25, 0.3) is 0 Å². The monoisotopic (exact) mass is 376 g/mol. The molecule has 0 saturated carbocycles. The SMILES string of the molecule is C[C@@H]1Cn2nc(-c3ccc(C(F)(F)F)cc3F)c(-c3ccncc3)c2CN1. The summed E-state index contributed by atoms with van der Waals surface area (Å²) in [5.74, 6) is -0.948. The van der Waals surface area contributed by atoms with Crippen LogP contribution in [0.2, 0.25) is 0 Å². The molecular formula is C19H16F4N4. The molecule has 0 aliphatic carbocycles.